The zero-order valence-electron chi connectivity index (χ0n) is 20.0. The van der Waals surface area contributed by atoms with Gasteiger partial charge in [-0.3, -0.25) is 4.57 Å². The van der Waals surface area contributed by atoms with E-state index in [9.17, 15) is 27.9 Å². The number of ether oxygens (including phenoxy) is 2. The molecule has 1 saturated carbocycles. The highest BCUT2D eigenvalue weighted by Crippen LogP contribution is 2.32. The molecule has 0 bridgehead atoms. The van der Waals surface area contributed by atoms with E-state index in [0.29, 0.717) is 35.3 Å². The van der Waals surface area contributed by atoms with E-state index in [1.54, 1.807) is 25.1 Å². The van der Waals surface area contributed by atoms with Gasteiger partial charge in [-0.25, -0.2) is 9.59 Å². The minimum Gasteiger partial charge on any atom is -0.486 e. The first-order chi connectivity index (χ1) is 16.8. The Balaban J connectivity index is 1.55. The van der Waals surface area contributed by atoms with Gasteiger partial charge in [0.1, 0.15) is 18.1 Å². The Labute approximate surface area is 204 Å². The van der Waals surface area contributed by atoms with Gasteiger partial charge < -0.3 is 14.6 Å². The molecule has 0 amide bonds. The average Bonchev–Trinajstić information content (AvgIpc) is 3.57. The van der Waals surface area contributed by atoms with Gasteiger partial charge in [-0.05, 0) is 87.6 Å². The normalized spacial score (nSPS) is 14.1. The fourth-order valence-corrected chi connectivity index (χ4v) is 3.54. The van der Waals surface area contributed by atoms with Crippen molar-refractivity contribution in [2.24, 2.45) is 5.92 Å². The number of halogens is 3. The first-order valence-corrected chi connectivity index (χ1v) is 11.4. The lowest BCUT2D eigenvalue weighted by Gasteiger charge is -2.23. The first kappa shape index (κ1) is 25.3. The van der Waals surface area contributed by atoms with Crippen LogP contribution in [0.1, 0.15) is 43.6 Å². The molecule has 0 saturated heterocycles. The molecule has 3 aromatic rings. The molecule has 1 aliphatic rings. The predicted octanol–water partition coefficient (Wildman–Crippen LogP) is 4.59. The van der Waals surface area contributed by atoms with Gasteiger partial charge in [0.05, 0.1) is 11.3 Å². The summed E-state index contributed by atoms with van der Waals surface area (Å²) in [6, 6.07) is 9.16. The van der Waals surface area contributed by atoms with Crippen molar-refractivity contribution in [1.29, 1.82) is 0 Å². The Morgan fingerprint density at radius 3 is 2.36 bits per heavy atom. The lowest BCUT2D eigenvalue weighted by Crippen LogP contribution is -2.38. The van der Waals surface area contributed by atoms with Gasteiger partial charge in [0.15, 0.2) is 11.4 Å². The Bertz CT molecular complexity index is 1320. The standard InChI is InChI=1S/C25H26F3N3O5/c1-15-12-19(10-11-20(15)36-24(2,3)22(32)33)35-14-21-29-31(23(34)30(21)13-16-4-5-16)18-8-6-17(7-9-18)25(26,27)28/h6-12,16H,4-5,13-14H2,1-3H3,(H,32,33). The van der Waals surface area contributed by atoms with Crippen LogP contribution in [0.4, 0.5) is 13.2 Å². The molecule has 4 rings (SSSR count). The number of carboxylic acid groups (broad SMARTS) is 1. The summed E-state index contributed by atoms with van der Waals surface area (Å²) in [5, 5.41) is 13.6. The minimum atomic E-state index is -4.48. The fraction of sp³-hybridized carbons (Fsp3) is 0.400. The number of aromatic nitrogens is 3. The number of carbonyl (C=O) groups is 1. The van der Waals surface area contributed by atoms with E-state index in [-0.39, 0.29) is 12.3 Å². The van der Waals surface area contributed by atoms with Gasteiger partial charge in [-0.15, -0.1) is 5.10 Å². The molecule has 36 heavy (non-hydrogen) atoms. The summed E-state index contributed by atoms with van der Waals surface area (Å²) in [5.74, 6) is 0.453. The van der Waals surface area contributed by atoms with Crippen LogP contribution in [-0.4, -0.2) is 31.0 Å². The highest BCUT2D eigenvalue weighted by Gasteiger charge is 2.31. The summed E-state index contributed by atoms with van der Waals surface area (Å²) in [7, 11) is 0. The quantitative estimate of drug-likeness (QED) is 0.457. The molecule has 0 spiro atoms. The third kappa shape index (κ3) is 5.55. The molecule has 0 aliphatic heterocycles. The van der Waals surface area contributed by atoms with Crippen molar-refractivity contribution in [3.8, 4) is 17.2 Å². The topological polar surface area (TPSA) is 95.6 Å². The van der Waals surface area contributed by atoms with Gasteiger partial charge in [0.25, 0.3) is 0 Å². The molecule has 8 nitrogen and oxygen atoms in total. The molecule has 1 aliphatic carbocycles. The van der Waals surface area contributed by atoms with Crippen molar-refractivity contribution in [3.63, 3.8) is 0 Å². The number of benzene rings is 2. The van der Waals surface area contributed by atoms with E-state index in [1.807, 2.05) is 0 Å². The van der Waals surface area contributed by atoms with E-state index < -0.39 is 29.0 Å². The summed E-state index contributed by atoms with van der Waals surface area (Å²) in [6.45, 7) is 5.06. The second-order valence-electron chi connectivity index (χ2n) is 9.34. The van der Waals surface area contributed by atoms with Crippen molar-refractivity contribution in [1.82, 2.24) is 14.3 Å². The Kier molecular flexibility index (Phi) is 6.59. The summed E-state index contributed by atoms with van der Waals surface area (Å²) in [5.41, 5.74) is -1.78. The van der Waals surface area contributed by atoms with Crippen LogP contribution in [0.5, 0.6) is 11.5 Å². The van der Waals surface area contributed by atoms with Crippen LogP contribution in [0.3, 0.4) is 0 Å². The van der Waals surface area contributed by atoms with E-state index in [2.05, 4.69) is 5.10 Å². The highest BCUT2D eigenvalue weighted by atomic mass is 19.4. The summed E-state index contributed by atoms with van der Waals surface area (Å²) < 4.78 is 52.8. The monoisotopic (exact) mass is 505 g/mol. The van der Waals surface area contributed by atoms with E-state index in [4.69, 9.17) is 9.47 Å². The number of aryl methyl sites for hydroxylation is 1. The molecule has 1 heterocycles. The van der Waals surface area contributed by atoms with Crippen LogP contribution >= 0.6 is 0 Å². The van der Waals surface area contributed by atoms with Crippen LogP contribution in [0.25, 0.3) is 5.69 Å². The van der Waals surface area contributed by atoms with E-state index in [0.717, 1.165) is 29.7 Å². The number of hydrogen-bond acceptors (Lipinski definition) is 5. The maximum absolute atomic E-state index is 13.1. The SMILES string of the molecule is Cc1cc(OCc2nn(-c3ccc(C(F)(F)F)cc3)c(=O)n2CC2CC2)ccc1OC(C)(C)C(=O)O. The Morgan fingerprint density at radius 1 is 1.14 bits per heavy atom. The van der Waals surface area contributed by atoms with Crippen molar-refractivity contribution < 1.29 is 32.5 Å². The second-order valence-corrected chi connectivity index (χ2v) is 9.34. The average molecular weight is 505 g/mol. The third-order valence-corrected chi connectivity index (χ3v) is 5.91. The molecule has 0 unspecified atom stereocenters. The summed E-state index contributed by atoms with van der Waals surface area (Å²) in [4.78, 5) is 24.4. The maximum atomic E-state index is 13.1. The number of hydrogen-bond donors (Lipinski definition) is 1. The van der Waals surface area contributed by atoms with Crippen LogP contribution in [-0.2, 0) is 24.1 Å². The highest BCUT2D eigenvalue weighted by molar-refractivity contribution is 5.76. The van der Waals surface area contributed by atoms with Crippen molar-refractivity contribution in [2.75, 3.05) is 0 Å². The number of alkyl halides is 3. The Morgan fingerprint density at radius 2 is 1.81 bits per heavy atom. The van der Waals surface area contributed by atoms with Crippen LogP contribution < -0.4 is 15.2 Å². The molecular formula is C25H26F3N3O5. The largest absolute Gasteiger partial charge is 0.486 e. The van der Waals surface area contributed by atoms with Crippen LogP contribution in [0.15, 0.2) is 47.3 Å². The zero-order valence-corrected chi connectivity index (χ0v) is 20.0. The van der Waals surface area contributed by atoms with E-state index >= 15 is 0 Å². The molecule has 2 aromatic carbocycles. The maximum Gasteiger partial charge on any atom is 0.416 e. The van der Waals surface area contributed by atoms with E-state index in [1.165, 1.54) is 30.5 Å². The molecule has 1 fully saturated rings. The number of carboxylic acids is 1. The van der Waals surface area contributed by atoms with Crippen LogP contribution in [0.2, 0.25) is 0 Å². The van der Waals surface area contributed by atoms with Gasteiger partial charge in [-0.1, -0.05) is 0 Å². The van der Waals surface area contributed by atoms with Gasteiger partial charge >= 0.3 is 17.8 Å². The van der Waals surface area contributed by atoms with Gasteiger partial charge in [0, 0.05) is 6.54 Å². The summed E-state index contributed by atoms with van der Waals surface area (Å²) in [6.07, 6.45) is -2.49. The van der Waals surface area contributed by atoms with Gasteiger partial charge in [-0.2, -0.15) is 17.9 Å². The fourth-order valence-electron chi connectivity index (χ4n) is 3.54. The number of nitrogens with zero attached hydrogens (tertiary/aromatic N) is 3. The predicted molar refractivity (Wildman–Crippen MR) is 123 cm³/mol. The lowest BCUT2D eigenvalue weighted by molar-refractivity contribution is -0.152. The van der Waals surface area contributed by atoms with Gasteiger partial charge in [0.2, 0.25) is 0 Å². The molecule has 1 aromatic heterocycles. The molecular weight excluding hydrogens is 479 g/mol. The van der Waals surface area contributed by atoms with Crippen molar-refractivity contribution >= 4 is 5.97 Å². The molecule has 1 N–H and O–H groups in total. The molecule has 11 heteroatoms. The van der Waals surface area contributed by atoms with Crippen molar-refractivity contribution in [2.45, 2.75) is 58.5 Å². The number of aliphatic carboxylic acids is 1. The smallest absolute Gasteiger partial charge is 0.416 e. The Hall–Kier alpha value is -3.76. The lowest BCUT2D eigenvalue weighted by atomic mass is 10.1. The third-order valence-electron chi connectivity index (χ3n) is 5.91. The molecule has 0 radical (unpaired) electrons. The number of rotatable bonds is 9. The molecule has 0 atom stereocenters. The zero-order chi connectivity index (χ0) is 26.3. The summed E-state index contributed by atoms with van der Waals surface area (Å²) >= 11 is 0. The van der Waals surface area contributed by atoms with Crippen molar-refractivity contribution in [3.05, 3.63) is 69.9 Å². The van der Waals surface area contributed by atoms with Crippen LogP contribution in [0, 0.1) is 12.8 Å². The minimum absolute atomic E-state index is 0.0458. The molecule has 192 valence electrons. The second kappa shape index (κ2) is 9.36. The first-order valence-electron chi connectivity index (χ1n) is 11.4.